The molecular formula is C28H34N2O7. The average molecular weight is 511 g/mol. The molecule has 9 heteroatoms. The van der Waals surface area contributed by atoms with Crippen molar-refractivity contribution in [3.8, 4) is 17.2 Å². The van der Waals surface area contributed by atoms with Crippen LogP contribution in [0.5, 0.6) is 17.2 Å². The lowest BCUT2D eigenvalue weighted by atomic mass is 9.94. The minimum Gasteiger partial charge on any atom is -0.507 e. The molecule has 2 saturated heterocycles. The number of morpholine rings is 1. The normalized spacial score (nSPS) is 19.8. The van der Waals surface area contributed by atoms with Crippen LogP contribution >= 0.6 is 0 Å². The molecular weight excluding hydrogens is 476 g/mol. The minimum atomic E-state index is -0.812. The van der Waals surface area contributed by atoms with E-state index in [1.165, 1.54) is 12.0 Å². The number of rotatable bonds is 9. The molecule has 1 unspecified atom stereocenters. The fraction of sp³-hybridized carbons (Fsp3) is 0.429. The van der Waals surface area contributed by atoms with Crippen LogP contribution < -0.4 is 14.2 Å². The summed E-state index contributed by atoms with van der Waals surface area (Å²) in [5, 5.41) is 11.4. The number of carbonyl (C=O) groups excluding carboxylic acids is 2. The summed E-state index contributed by atoms with van der Waals surface area (Å²) in [5.41, 5.74) is 1.86. The van der Waals surface area contributed by atoms with Crippen LogP contribution in [0.25, 0.3) is 5.76 Å². The van der Waals surface area contributed by atoms with Crippen molar-refractivity contribution < 1.29 is 33.6 Å². The highest BCUT2D eigenvalue weighted by atomic mass is 16.5. The number of likely N-dealkylation sites (tertiary alicyclic amines) is 1. The Morgan fingerprint density at radius 3 is 2.35 bits per heavy atom. The predicted molar refractivity (Wildman–Crippen MR) is 138 cm³/mol. The maximum atomic E-state index is 13.4. The monoisotopic (exact) mass is 510 g/mol. The summed E-state index contributed by atoms with van der Waals surface area (Å²) in [5.74, 6) is 0.102. The fourth-order valence-corrected chi connectivity index (χ4v) is 4.95. The van der Waals surface area contributed by atoms with Crippen LogP contribution in [-0.4, -0.2) is 87.3 Å². The average Bonchev–Trinajstić information content (AvgIpc) is 3.17. The van der Waals surface area contributed by atoms with Crippen LogP contribution in [-0.2, 0) is 14.3 Å². The number of aliphatic hydroxyl groups excluding tert-OH is 1. The van der Waals surface area contributed by atoms with E-state index in [9.17, 15) is 14.7 Å². The highest BCUT2D eigenvalue weighted by Gasteiger charge is 2.47. The maximum Gasteiger partial charge on any atom is 0.295 e. The Bertz CT molecular complexity index is 1190. The van der Waals surface area contributed by atoms with Gasteiger partial charge in [0.15, 0.2) is 0 Å². The molecule has 9 nitrogen and oxygen atoms in total. The van der Waals surface area contributed by atoms with Crippen LogP contribution in [0.2, 0.25) is 0 Å². The van der Waals surface area contributed by atoms with Crippen LogP contribution in [0, 0.1) is 6.92 Å². The van der Waals surface area contributed by atoms with Crippen molar-refractivity contribution in [3.05, 3.63) is 58.7 Å². The SMILES string of the molecule is COc1ccc(C2/C(=C(\O)c3ccc(OC)c(C)c3)C(=O)C(=O)N2CCCN2CCOCC2)c(OC)c1. The Balaban J connectivity index is 1.75. The molecule has 0 aliphatic carbocycles. The van der Waals surface area contributed by atoms with Gasteiger partial charge in [-0.3, -0.25) is 14.5 Å². The van der Waals surface area contributed by atoms with E-state index < -0.39 is 17.7 Å². The zero-order chi connectivity index (χ0) is 26.5. The number of amides is 1. The number of Topliss-reactive ketones (excluding diaryl/α,β-unsaturated/α-hetero) is 1. The first kappa shape index (κ1) is 26.5. The third-order valence-electron chi connectivity index (χ3n) is 6.92. The molecule has 37 heavy (non-hydrogen) atoms. The topological polar surface area (TPSA) is 97.8 Å². The summed E-state index contributed by atoms with van der Waals surface area (Å²) in [7, 11) is 4.65. The van der Waals surface area contributed by atoms with Gasteiger partial charge in [0.05, 0.1) is 46.2 Å². The second-order valence-electron chi connectivity index (χ2n) is 9.09. The highest BCUT2D eigenvalue weighted by molar-refractivity contribution is 6.46. The molecule has 198 valence electrons. The van der Waals surface area contributed by atoms with Gasteiger partial charge in [-0.05, 0) is 49.2 Å². The fourth-order valence-electron chi connectivity index (χ4n) is 4.95. The van der Waals surface area contributed by atoms with Crippen molar-refractivity contribution in [2.45, 2.75) is 19.4 Å². The van der Waals surface area contributed by atoms with Gasteiger partial charge in [-0.1, -0.05) is 0 Å². The summed E-state index contributed by atoms with van der Waals surface area (Å²) in [4.78, 5) is 30.5. The molecule has 0 aromatic heterocycles. The molecule has 1 atom stereocenters. The third kappa shape index (κ3) is 5.42. The number of nitrogens with zero attached hydrogens (tertiary/aromatic N) is 2. The van der Waals surface area contributed by atoms with Crippen LogP contribution in [0.15, 0.2) is 42.0 Å². The zero-order valence-electron chi connectivity index (χ0n) is 21.8. The van der Waals surface area contributed by atoms with E-state index in [1.54, 1.807) is 50.6 Å². The van der Waals surface area contributed by atoms with E-state index in [4.69, 9.17) is 18.9 Å². The molecule has 1 N–H and O–H groups in total. The van der Waals surface area contributed by atoms with Crippen molar-refractivity contribution in [2.24, 2.45) is 0 Å². The van der Waals surface area contributed by atoms with E-state index in [-0.39, 0.29) is 11.3 Å². The van der Waals surface area contributed by atoms with Crippen molar-refractivity contribution in [2.75, 3.05) is 60.7 Å². The molecule has 2 aliphatic rings. The van der Waals surface area contributed by atoms with Crippen molar-refractivity contribution >= 4 is 17.4 Å². The molecule has 2 fully saturated rings. The summed E-state index contributed by atoms with van der Waals surface area (Å²) in [6.07, 6.45) is 0.670. The first-order valence-electron chi connectivity index (χ1n) is 12.3. The summed E-state index contributed by atoms with van der Waals surface area (Å²) >= 11 is 0. The van der Waals surface area contributed by atoms with E-state index in [2.05, 4.69) is 4.90 Å². The Morgan fingerprint density at radius 2 is 1.70 bits per heavy atom. The summed E-state index contributed by atoms with van der Waals surface area (Å²) in [6.45, 7) is 6.03. The van der Waals surface area contributed by atoms with Gasteiger partial charge in [-0.25, -0.2) is 0 Å². The molecule has 2 aromatic carbocycles. The van der Waals surface area contributed by atoms with Gasteiger partial charge >= 0.3 is 0 Å². The zero-order valence-corrected chi connectivity index (χ0v) is 21.8. The molecule has 0 saturated carbocycles. The second kappa shape index (κ2) is 11.7. The number of aliphatic hydroxyl groups is 1. The van der Waals surface area contributed by atoms with Crippen molar-refractivity contribution in [3.63, 3.8) is 0 Å². The first-order valence-corrected chi connectivity index (χ1v) is 12.3. The number of hydrogen-bond acceptors (Lipinski definition) is 8. The maximum absolute atomic E-state index is 13.4. The Labute approximate surface area is 217 Å². The number of carbonyl (C=O) groups is 2. The first-order chi connectivity index (χ1) is 17.9. The van der Waals surface area contributed by atoms with E-state index >= 15 is 0 Å². The molecule has 2 aliphatic heterocycles. The Morgan fingerprint density at radius 1 is 0.973 bits per heavy atom. The number of methoxy groups -OCH3 is 3. The Kier molecular flexibility index (Phi) is 8.35. The van der Waals surface area contributed by atoms with Crippen molar-refractivity contribution in [1.29, 1.82) is 0 Å². The van der Waals surface area contributed by atoms with Crippen LogP contribution in [0.3, 0.4) is 0 Å². The summed E-state index contributed by atoms with van der Waals surface area (Å²) < 4.78 is 21.7. The lowest BCUT2D eigenvalue weighted by Crippen LogP contribution is -2.39. The van der Waals surface area contributed by atoms with Gasteiger partial charge in [-0.15, -0.1) is 0 Å². The standard InChI is InChI=1S/C28H34N2O7/c1-18-16-19(6-9-22(18)35-3)26(31)24-25(21-8-7-20(34-2)17-23(21)36-4)30(28(33)27(24)32)11-5-10-29-12-14-37-15-13-29/h6-9,16-17,25,31H,5,10-15H2,1-4H3/b26-24+. The van der Waals surface area contributed by atoms with Gasteiger partial charge in [0.2, 0.25) is 0 Å². The number of benzene rings is 2. The Hall–Kier alpha value is -3.56. The van der Waals surface area contributed by atoms with Gasteiger partial charge < -0.3 is 29.0 Å². The van der Waals surface area contributed by atoms with E-state index in [0.29, 0.717) is 54.6 Å². The molecule has 2 heterocycles. The molecule has 4 rings (SSSR count). The number of ketones is 1. The lowest BCUT2D eigenvalue weighted by molar-refractivity contribution is -0.140. The largest absolute Gasteiger partial charge is 0.507 e. The predicted octanol–water partition coefficient (Wildman–Crippen LogP) is 3.16. The lowest BCUT2D eigenvalue weighted by Gasteiger charge is -2.29. The third-order valence-corrected chi connectivity index (χ3v) is 6.92. The highest BCUT2D eigenvalue weighted by Crippen LogP contribution is 2.44. The van der Waals surface area contributed by atoms with Gasteiger partial charge in [0, 0.05) is 43.4 Å². The van der Waals surface area contributed by atoms with Crippen molar-refractivity contribution in [1.82, 2.24) is 9.80 Å². The number of ether oxygens (including phenoxy) is 4. The van der Waals surface area contributed by atoms with E-state index in [1.807, 2.05) is 6.92 Å². The van der Waals surface area contributed by atoms with Gasteiger partial charge in [0.1, 0.15) is 23.0 Å². The molecule has 1 amide bonds. The quantitative estimate of drug-likeness (QED) is 0.312. The summed E-state index contributed by atoms with van der Waals surface area (Å²) in [6, 6.07) is 9.57. The number of hydrogen-bond donors (Lipinski definition) is 1. The number of aryl methyl sites for hydroxylation is 1. The van der Waals surface area contributed by atoms with Gasteiger partial charge in [0.25, 0.3) is 11.7 Å². The minimum absolute atomic E-state index is 0.0319. The molecule has 2 aromatic rings. The molecule has 0 bridgehead atoms. The smallest absolute Gasteiger partial charge is 0.295 e. The molecule has 0 radical (unpaired) electrons. The van der Waals surface area contributed by atoms with E-state index in [0.717, 1.165) is 25.2 Å². The van der Waals surface area contributed by atoms with Crippen LogP contribution in [0.4, 0.5) is 0 Å². The second-order valence-corrected chi connectivity index (χ2v) is 9.09. The van der Waals surface area contributed by atoms with Gasteiger partial charge in [-0.2, -0.15) is 0 Å². The van der Waals surface area contributed by atoms with Crippen LogP contribution in [0.1, 0.15) is 29.2 Å². The molecule has 0 spiro atoms.